The van der Waals surface area contributed by atoms with Crippen molar-refractivity contribution in [3.63, 3.8) is 0 Å². The molecule has 1 aromatic heterocycles. The van der Waals surface area contributed by atoms with Crippen LogP contribution in [-0.4, -0.2) is 42.7 Å². The summed E-state index contributed by atoms with van der Waals surface area (Å²) in [6.07, 6.45) is 5.00. The molecule has 1 atom stereocenters. The predicted molar refractivity (Wildman–Crippen MR) is 103 cm³/mol. The van der Waals surface area contributed by atoms with Crippen LogP contribution in [0, 0.1) is 11.7 Å². The van der Waals surface area contributed by atoms with E-state index < -0.39 is 5.82 Å². The lowest BCUT2D eigenvalue weighted by molar-refractivity contribution is 0.602. The Balaban J connectivity index is 1.77. The molecular weight excluding hydrogens is 353 g/mol. The van der Waals surface area contributed by atoms with E-state index in [1.165, 1.54) is 11.6 Å². The molecule has 0 radical (unpaired) electrons. The van der Waals surface area contributed by atoms with Gasteiger partial charge in [0.1, 0.15) is 11.6 Å². The average Bonchev–Trinajstić information content (AvgIpc) is 3.33. The molecule has 2 aliphatic heterocycles. The Morgan fingerprint density at radius 3 is 2.92 bits per heavy atom. The molecule has 0 bridgehead atoms. The van der Waals surface area contributed by atoms with Gasteiger partial charge in [-0.3, -0.25) is 0 Å². The molecular formula is C19H21ClFN5. The first kappa shape index (κ1) is 17.4. The maximum absolute atomic E-state index is 14.3. The van der Waals surface area contributed by atoms with E-state index in [2.05, 4.69) is 21.3 Å². The lowest BCUT2D eigenvalue weighted by Gasteiger charge is -2.22. The molecule has 0 saturated carbocycles. The third kappa shape index (κ3) is 3.32. The van der Waals surface area contributed by atoms with Crippen LogP contribution in [0.1, 0.15) is 12.0 Å². The number of rotatable bonds is 4. The fraction of sp³-hybridized carbons (Fsp3) is 0.368. The van der Waals surface area contributed by atoms with E-state index in [1.54, 1.807) is 18.3 Å². The van der Waals surface area contributed by atoms with Crippen molar-refractivity contribution < 1.29 is 4.39 Å². The van der Waals surface area contributed by atoms with Gasteiger partial charge in [0.05, 0.1) is 5.56 Å². The first-order valence-electron chi connectivity index (χ1n) is 8.83. The van der Waals surface area contributed by atoms with E-state index >= 15 is 0 Å². The number of nitrogens with zero attached hydrogens (tertiary/aromatic N) is 3. The Morgan fingerprint density at radius 2 is 2.23 bits per heavy atom. The van der Waals surface area contributed by atoms with Crippen molar-refractivity contribution in [1.82, 2.24) is 15.3 Å². The van der Waals surface area contributed by atoms with Crippen LogP contribution in [-0.2, 0) is 0 Å². The summed E-state index contributed by atoms with van der Waals surface area (Å²) in [5, 5.41) is 3.67. The fourth-order valence-corrected chi connectivity index (χ4v) is 3.70. The fourth-order valence-electron chi connectivity index (χ4n) is 3.54. The van der Waals surface area contributed by atoms with Crippen LogP contribution in [0.5, 0.6) is 0 Å². The molecule has 4 rings (SSSR count). The monoisotopic (exact) mass is 373 g/mol. The van der Waals surface area contributed by atoms with Gasteiger partial charge >= 0.3 is 0 Å². The Hall–Kier alpha value is -2.02. The molecule has 2 aromatic rings. The number of benzene rings is 1. The zero-order valence-electron chi connectivity index (χ0n) is 14.4. The SMILES string of the molecule is NCC1CCN(c2nc(-c3ccc(Cl)cc3F)ncc2C2=CCNC2)C1. The molecule has 1 unspecified atom stereocenters. The molecule has 3 heterocycles. The van der Waals surface area contributed by atoms with E-state index in [0.29, 0.717) is 28.9 Å². The first-order chi connectivity index (χ1) is 12.7. The van der Waals surface area contributed by atoms with Gasteiger partial charge in [-0.1, -0.05) is 17.7 Å². The molecule has 0 amide bonds. The molecule has 0 spiro atoms. The summed E-state index contributed by atoms with van der Waals surface area (Å²) in [6, 6.07) is 4.57. The number of hydrogen-bond acceptors (Lipinski definition) is 5. The standard InChI is InChI=1S/C19H21ClFN5/c20-14-1-2-15(17(21)7-14)18-24-10-16(13-3-5-23-9-13)19(25-18)26-6-4-12(8-22)11-26/h1-3,7,10,12,23H,4-6,8-9,11,22H2. The highest BCUT2D eigenvalue weighted by Crippen LogP contribution is 2.32. The number of aromatic nitrogens is 2. The zero-order valence-corrected chi connectivity index (χ0v) is 15.1. The van der Waals surface area contributed by atoms with Crippen molar-refractivity contribution in [2.45, 2.75) is 6.42 Å². The highest BCUT2D eigenvalue weighted by atomic mass is 35.5. The smallest absolute Gasteiger partial charge is 0.164 e. The summed E-state index contributed by atoms with van der Waals surface area (Å²) >= 11 is 5.87. The number of halogens is 2. The minimum absolute atomic E-state index is 0.357. The van der Waals surface area contributed by atoms with Crippen molar-refractivity contribution in [1.29, 1.82) is 0 Å². The third-order valence-corrected chi connectivity index (χ3v) is 5.25. The summed E-state index contributed by atoms with van der Waals surface area (Å²) in [5.74, 6) is 1.28. The normalized spacial score (nSPS) is 19.9. The molecule has 136 valence electrons. The number of nitrogens with two attached hydrogens (primary N) is 1. The second-order valence-electron chi connectivity index (χ2n) is 6.75. The molecule has 1 saturated heterocycles. The van der Waals surface area contributed by atoms with Gasteiger partial charge in [0.25, 0.3) is 0 Å². The maximum Gasteiger partial charge on any atom is 0.164 e. The lowest BCUT2D eigenvalue weighted by atomic mass is 10.1. The Morgan fingerprint density at radius 1 is 1.35 bits per heavy atom. The van der Waals surface area contributed by atoms with E-state index in [1.807, 2.05) is 0 Å². The van der Waals surface area contributed by atoms with Crippen LogP contribution in [0.4, 0.5) is 10.2 Å². The lowest BCUT2D eigenvalue weighted by Crippen LogP contribution is -2.25. The average molecular weight is 374 g/mol. The summed E-state index contributed by atoms with van der Waals surface area (Å²) in [5.41, 5.74) is 8.39. The maximum atomic E-state index is 14.3. The topological polar surface area (TPSA) is 67.1 Å². The van der Waals surface area contributed by atoms with Crippen LogP contribution < -0.4 is 16.0 Å². The van der Waals surface area contributed by atoms with Gasteiger partial charge in [-0.15, -0.1) is 0 Å². The summed E-state index contributed by atoms with van der Waals surface area (Å²) in [6.45, 7) is 4.06. The zero-order chi connectivity index (χ0) is 18.1. The first-order valence-corrected chi connectivity index (χ1v) is 9.21. The summed E-state index contributed by atoms with van der Waals surface area (Å²) in [7, 11) is 0. The number of anilines is 1. The minimum atomic E-state index is -0.417. The second-order valence-corrected chi connectivity index (χ2v) is 7.19. The van der Waals surface area contributed by atoms with Crippen molar-refractivity contribution >= 4 is 23.0 Å². The van der Waals surface area contributed by atoms with Gasteiger partial charge in [-0.25, -0.2) is 14.4 Å². The molecule has 3 N–H and O–H groups in total. The number of hydrogen-bond donors (Lipinski definition) is 2. The van der Waals surface area contributed by atoms with Gasteiger partial charge < -0.3 is 16.0 Å². The molecule has 2 aliphatic rings. The van der Waals surface area contributed by atoms with Crippen LogP contribution in [0.15, 0.2) is 30.5 Å². The Labute approximate surface area is 157 Å². The van der Waals surface area contributed by atoms with Crippen molar-refractivity contribution in [2.24, 2.45) is 11.7 Å². The van der Waals surface area contributed by atoms with Crippen molar-refractivity contribution in [3.8, 4) is 11.4 Å². The minimum Gasteiger partial charge on any atom is -0.356 e. The van der Waals surface area contributed by atoms with Gasteiger partial charge in [0.15, 0.2) is 5.82 Å². The summed E-state index contributed by atoms with van der Waals surface area (Å²) in [4.78, 5) is 11.4. The quantitative estimate of drug-likeness (QED) is 0.862. The van der Waals surface area contributed by atoms with Crippen LogP contribution in [0.3, 0.4) is 0 Å². The van der Waals surface area contributed by atoms with E-state index in [9.17, 15) is 4.39 Å². The highest BCUT2D eigenvalue weighted by molar-refractivity contribution is 6.30. The molecule has 1 aromatic carbocycles. The summed E-state index contributed by atoms with van der Waals surface area (Å²) < 4.78 is 14.3. The second kappa shape index (κ2) is 7.31. The van der Waals surface area contributed by atoms with E-state index in [0.717, 1.165) is 44.0 Å². The largest absolute Gasteiger partial charge is 0.356 e. The van der Waals surface area contributed by atoms with Gasteiger partial charge in [0.2, 0.25) is 0 Å². The van der Waals surface area contributed by atoms with Crippen molar-refractivity contribution in [3.05, 3.63) is 46.9 Å². The molecule has 0 aliphatic carbocycles. The molecule has 1 fully saturated rings. The highest BCUT2D eigenvalue weighted by Gasteiger charge is 2.26. The van der Waals surface area contributed by atoms with Crippen molar-refractivity contribution in [2.75, 3.05) is 37.6 Å². The molecule has 5 nitrogen and oxygen atoms in total. The van der Waals surface area contributed by atoms with Gasteiger partial charge in [-0.2, -0.15) is 0 Å². The van der Waals surface area contributed by atoms with Crippen LogP contribution >= 0.6 is 11.6 Å². The predicted octanol–water partition coefficient (Wildman–Crippen LogP) is 2.71. The van der Waals surface area contributed by atoms with Crippen LogP contribution in [0.25, 0.3) is 17.0 Å². The molecule has 26 heavy (non-hydrogen) atoms. The third-order valence-electron chi connectivity index (χ3n) is 5.01. The van der Waals surface area contributed by atoms with Gasteiger partial charge in [-0.05, 0) is 42.7 Å². The molecule has 7 heteroatoms. The Bertz CT molecular complexity index is 854. The van der Waals surface area contributed by atoms with E-state index in [4.69, 9.17) is 22.3 Å². The van der Waals surface area contributed by atoms with Crippen LogP contribution in [0.2, 0.25) is 5.02 Å². The number of nitrogens with one attached hydrogen (secondary N) is 1. The van der Waals surface area contributed by atoms with E-state index in [-0.39, 0.29) is 0 Å². The Kier molecular flexibility index (Phi) is 4.89. The van der Waals surface area contributed by atoms with Gasteiger partial charge in [0, 0.05) is 43.0 Å².